The van der Waals surface area contributed by atoms with E-state index in [-0.39, 0.29) is 53.6 Å². The number of amides is 3. The quantitative estimate of drug-likeness (QED) is 0.347. The zero-order valence-corrected chi connectivity index (χ0v) is 26.7. The lowest BCUT2D eigenvalue weighted by atomic mass is 9.75. The van der Waals surface area contributed by atoms with E-state index in [9.17, 15) is 24.3 Å². The first kappa shape index (κ1) is 31.9. The van der Waals surface area contributed by atoms with Crippen LogP contribution in [0.15, 0.2) is 33.3 Å². The first-order chi connectivity index (χ1) is 21.1. The molecular formula is C32H39N5O8. The second-order valence-electron chi connectivity index (χ2n) is 13.0. The Balaban J connectivity index is 1.77. The Morgan fingerprint density at radius 3 is 2.58 bits per heavy atom. The van der Waals surface area contributed by atoms with Gasteiger partial charge >= 0.3 is 5.97 Å². The van der Waals surface area contributed by atoms with Crippen molar-refractivity contribution < 1.29 is 37.9 Å². The van der Waals surface area contributed by atoms with E-state index in [4.69, 9.17) is 18.6 Å². The van der Waals surface area contributed by atoms with Gasteiger partial charge in [-0.15, -0.1) is 0 Å². The summed E-state index contributed by atoms with van der Waals surface area (Å²) in [6.45, 7) is 10.9. The molecule has 4 atom stereocenters. The van der Waals surface area contributed by atoms with Crippen molar-refractivity contribution >= 4 is 29.4 Å². The number of fused-ring (bicyclic) bond motifs is 4. The standard InChI is InChI=1S/C32H39N5O8/c1-9-32-17-12-16(10-11-20(17)37(7)30(32)42)13-18(33-26(40)22(38)15(2)3)25(39)36-23(31(4,5)6)28-35-21(24(32)45-28)27-34-19(14-44-27)29(41)43-8/h10-12,14-15,18,22-23,38H,9,13H2,1-8H3,(H,33,40)(H,36,39)/t18-,22-,23+,32-/m0/s1. The number of likely N-dealkylation sites (N-methyl/N-ethyl adjacent to an activating group) is 1. The fraction of sp³-hybridized carbons (Fsp3) is 0.500. The molecule has 2 aromatic heterocycles. The molecule has 13 nitrogen and oxygen atoms in total. The molecule has 2 aliphatic rings. The van der Waals surface area contributed by atoms with E-state index in [0.717, 1.165) is 6.26 Å². The Morgan fingerprint density at radius 2 is 1.96 bits per heavy atom. The molecule has 1 aromatic carbocycles. The highest BCUT2D eigenvalue weighted by atomic mass is 16.5. The third-order valence-electron chi connectivity index (χ3n) is 8.59. The van der Waals surface area contributed by atoms with Gasteiger partial charge in [0.15, 0.2) is 17.1 Å². The normalized spacial score (nSPS) is 22.0. The maximum absolute atomic E-state index is 14.3. The molecule has 0 aliphatic carbocycles. The van der Waals surface area contributed by atoms with Gasteiger partial charge in [0.25, 0.3) is 0 Å². The minimum absolute atomic E-state index is 0.0602. The molecule has 4 bridgehead atoms. The second-order valence-corrected chi connectivity index (χ2v) is 13.0. The second kappa shape index (κ2) is 11.4. The number of rotatable bonds is 6. The number of anilines is 1. The summed E-state index contributed by atoms with van der Waals surface area (Å²) in [6, 6.07) is 3.51. The van der Waals surface area contributed by atoms with Crippen LogP contribution in [0.1, 0.15) is 87.3 Å². The highest BCUT2D eigenvalue weighted by Gasteiger charge is 2.55. The number of aliphatic hydroxyl groups is 1. The smallest absolute Gasteiger partial charge is 0.360 e. The molecule has 0 saturated carbocycles. The van der Waals surface area contributed by atoms with Crippen LogP contribution >= 0.6 is 0 Å². The number of carbonyl (C=O) groups is 4. The number of nitrogens with zero attached hydrogens (tertiary/aromatic N) is 3. The molecule has 0 radical (unpaired) electrons. The van der Waals surface area contributed by atoms with E-state index in [1.165, 1.54) is 7.11 Å². The van der Waals surface area contributed by atoms with Crippen molar-refractivity contribution in [2.24, 2.45) is 11.3 Å². The molecule has 0 spiro atoms. The number of esters is 1. The third kappa shape index (κ3) is 5.28. The highest BCUT2D eigenvalue weighted by Crippen LogP contribution is 2.51. The first-order valence-electron chi connectivity index (χ1n) is 14.9. The predicted octanol–water partition coefficient (Wildman–Crippen LogP) is 3.05. The fourth-order valence-corrected chi connectivity index (χ4v) is 5.95. The summed E-state index contributed by atoms with van der Waals surface area (Å²) in [5.74, 6) is -2.34. The van der Waals surface area contributed by atoms with Gasteiger partial charge in [-0.2, -0.15) is 0 Å². The van der Waals surface area contributed by atoms with E-state index in [1.54, 1.807) is 37.9 Å². The van der Waals surface area contributed by atoms with Crippen molar-refractivity contribution in [2.75, 3.05) is 19.1 Å². The molecule has 4 heterocycles. The highest BCUT2D eigenvalue weighted by molar-refractivity contribution is 6.10. The number of methoxy groups -OCH3 is 1. The molecule has 0 fully saturated rings. The third-order valence-corrected chi connectivity index (χ3v) is 8.59. The van der Waals surface area contributed by atoms with Crippen LogP contribution in [0.5, 0.6) is 0 Å². The van der Waals surface area contributed by atoms with Crippen molar-refractivity contribution in [1.29, 1.82) is 0 Å². The molecule has 3 N–H and O–H groups in total. The van der Waals surface area contributed by atoms with E-state index < -0.39 is 46.8 Å². The van der Waals surface area contributed by atoms with E-state index in [1.807, 2.05) is 33.8 Å². The number of aliphatic hydroxyl groups excluding tert-OH is 1. The van der Waals surface area contributed by atoms with Gasteiger partial charge in [0.05, 0.1) is 7.11 Å². The van der Waals surface area contributed by atoms with Gasteiger partial charge in [-0.25, -0.2) is 14.8 Å². The lowest BCUT2D eigenvalue weighted by Gasteiger charge is -2.32. The Morgan fingerprint density at radius 1 is 1.24 bits per heavy atom. The van der Waals surface area contributed by atoms with Crippen LogP contribution in [-0.4, -0.2) is 65.1 Å². The lowest BCUT2D eigenvalue weighted by Crippen LogP contribution is -2.53. The van der Waals surface area contributed by atoms with Gasteiger partial charge in [-0.3, -0.25) is 14.4 Å². The van der Waals surface area contributed by atoms with Crippen LogP contribution in [0.3, 0.4) is 0 Å². The molecule has 3 amide bonds. The summed E-state index contributed by atoms with van der Waals surface area (Å²) in [5, 5.41) is 16.2. The van der Waals surface area contributed by atoms with Crippen molar-refractivity contribution in [2.45, 2.75) is 78.0 Å². The van der Waals surface area contributed by atoms with Crippen LogP contribution in [0.4, 0.5) is 5.69 Å². The number of nitrogens with one attached hydrogen (secondary N) is 2. The average molecular weight is 622 g/mol. The van der Waals surface area contributed by atoms with Gasteiger partial charge < -0.3 is 34.2 Å². The van der Waals surface area contributed by atoms with E-state index in [0.29, 0.717) is 16.8 Å². The van der Waals surface area contributed by atoms with Crippen molar-refractivity contribution in [3.63, 3.8) is 0 Å². The van der Waals surface area contributed by atoms with Crippen LogP contribution in [-0.2, 0) is 31.0 Å². The zero-order chi connectivity index (χ0) is 33.0. The molecule has 240 valence electrons. The monoisotopic (exact) mass is 621 g/mol. The average Bonchev–Trinajstić information content (AvgIpc) is 3.70. The summed E-state index contributed by atoms with van der Waals surface area (Å²) in [6.07, 6.45) is 0.185. The number of ether oxygens (including phenoxy) is 1. The topological polar surface area (TPSA) is 177 Å². The Bertz CT molecular complexity index is 1670. The molecule has 2 aliphatic heterocycles. The largest absolute Gasteiger partial charge is 0.464 e. The molecule has 0 saturated heterocycles. The Kier molecular flexibility index (Phi) is 8.11. The fourth-order valence-electron chi connectivity index (χ4n) is 5.95. The summed E-state index contributed by atoms with van der Waals surface area (Å²) in [7, 11) is 2.90. The van der Waals surface area contributed by atoms with E-state index in [2.05, 4.69) is 15.6 Å². The van der Waals surface area contributed by atoms with Gasteiger partial charge in [-0.05, 0) is 34.9 Å². The number of oxazole rings is 2. The molecule has 5 rings (SSSR count). The molecule has 3 aromatic rings. The summed E-state index contributed by atoms with van der Waals surface area (Å²) >= 11 is 0. The van der Waals surface area contributed by atoms with Crippen molar-refractivity contribution in [3.8, 4) is 11.6 Å². The number of aromatic nitrogens is 2. The summed E-state index contributed by atoms with van der Waals surface area (Å²) in [4.78, 5) is 64.0. The van der Waals surface area contributed by atoms with Crippen LogP contribution in [0, 0.1) is 11.3 Å². The molecule has 13 heteroatoms. The van der Waals surface area contributed by atoms with Gasteiger partial charge in [-0.1, -0.05) is 53.7 Å². The van der Waals surface area contributed by atoms with Crippen LogP contribution in [0.2, 0.25) is 0 Å². The maximum atomic E-state index is 14.3. The zero-order valence-electron chi connectivity index (χ0n) is 26.7. The van der Waals surface area contributed by atoms with Gasteiger partial charge in [0.1, 0.15) is 29.9 Å². The molecule has 0 unspecified atom stereocenters. The van der Waals surface area contributed by atoms with Gasteiger partial charge in [0, 0.05) is 19.2 Å². The molecule has 45 heavy (non-hydrogen) atoms. The minimum atomic E-state index is -1.36. The minimum Gasteiger partial charge on any atom is -0.464 e. The predicted molar refractivity (Wildman–Crippen MR) is 161 cm³/mol. The van der Waals surface area contributed by atoms with E-state index >= 15 is 0 Å². The maximum Gasteiger partial charge on any atom is 0.360 e. The SMILES string of the molecule is CC[C@]12C(=O)N(C)c3ccc(cc31)C[C@H](NC(=O)[C@@H](O)C(C)C)C(=O)N[C@@H](C(C)(C)C)c1nc(-c3nc(C(=O)OC)co3)c2o1. The number of carbonyl (C=O) groups excluding carboxylic acids is 4. The Labute approximate surface area is 260 Å². The van der Waals surface area contributed by atoms with Crippen LogP contribution in [0.25, 0.3) is 11.6 Å². The van der Waals surface area contributed by atoms with Crippen molar-refractivity contribution in [1.82, 2.24) is 20.6 Å². The number of hydrogen-bond acceptors (Lipinski definition) is 10. The summed E-state index contributed by atoms with van der Waals surface area (Å²) in [5.41, 5.74) is -0.0809. The Hall–Kier alpha value is -4.52. The number of benzene rings is 1. The number of hydrogen-bond donors (Lipinski definition) is 3. The lowest BCUT2D eigenvalue weighted by molar-refractivity contribution is -0.136. The van der Waals surface area contributed by atoms with Gasteiger partial charge in [0.2, 0.25) is 29.5 Å². The van der Waals surface area contributed by atoms with Crippen LogP contribution < -0.4 is 15.5 Å². The summed E-state index contributed by atoms with van der Waals surface area (Å²) < 4.78 is 17.0. The molecular weight excluding hydrogens is 582 g/mol. The first-order valence-corrected chi connectivity index (χ1v) is 14.9. The van der Waals surface area contributed by atoms with Crippen molar-refractivity contribution in [3.05, 3.63) is 52.9 Å².